The molecule has 0 saturated carbocycles. The van der Waals surface area contributed by atoms with E-state index in [1.807, 2.05) is 85.1 Å². The highest BCUT2D eigenvalue weighted by atomic mass is 35.5. The number of benzene rings is 3. The van der Waals surface area contributed by atoms with E-state index in [0.717, 1.165) is 22.5 Å². The summed E-state index contributed by atoms with van der Waals surface area (Å²) in [5.41, 5.74) is 5.40. The molecule has 0 spiro atoms. The van der Waals surface area contributed by atoms with E-state index in [-0.39, 0.29) is 23.9 Å². The Morgan fingerprint density at radius 3 is 2.40 bits per heavy atom. The zero-order valence-corrected chi connectivity index (χ0v) is 25.7. The normalized spacial score (nSPS) is 12.0. The molecule has 216 valence electrons. The summed E-state index contributed by atoms with van der Waals surface area (Å²) < 4.78 is 3.23. The van der Waals surface area contributed by atoms with Gasteiger partial charge in [0.1, 0.15) is 5.69 Å². The molecular weight excluding hydrogens is 601 g/mol. The molecule has 3 heterocycles. The van der Waals surface area contributed by atoms with Crippen molar-refractivity contribution in [2.24, 2.45) is 0 Å². The van der Waals surface area contributed by atoms with Crippen LogP contribution in [-0.2, 0) is 17.6 Å². The van der Waals surface area contributed by atoms with Crippen LogP contribution < -0.4 is 10.9 Å². The van der Waals surface area contributed by atoms with Gasteiger partial charge in [-0.05, 0) is 55.7 Å². The Morgan fingerprint density at radius 1 is 0.953 bits per heavy atom. The number of halogens is 2. The highest BCUT2D eigenvalue weighted by Crippen LogP contribution is 2.27. The number of nitrogens with zero attached hydrogens (tertiary/aromatic N) is 4. The molecule has 0 aliphatic heterocycles. The predicted octanol–water partition coefficient (Wildman–Crippen LogP) is 7.18. The van der Waals surface area contributed by atoms with E-state index < -0.39 is 0 Å². The largest absolute Gasteiger partial charge is 0.349 e. The van der Waals surface area contributed by atoms with Crippen LogP contribution >= 0.6 is 34.5 Å². The van der Waals surface area contributed by atoms with Gasteiger partial charge in [-0.1, -0.05) is 83.9 Å². The number of rotatable bonds is 8. The minimum absolute atomic E-state index is 0.0267. The summed E-state index contributed by atoms with van der Waals surface area (Å²) >= 11 is 13.7. The monoisotopic (exact) mass is 627 g/mol. The molecule has 3 aromatic carbocycles. The highest BCUT2D eigenvalue weighted by Gasteiger charge is 2.22. The zero-order chi connectivity index (χ0) is 30.1. The number of fused-ring (bicyclic) bond motifs is 1. The third-order valence-corrected chi connectivity index (χ3v) is 8.89. The molecule has 6 rings (SSSR count). The van der Waals surface area contributed by atoms with Gasteiger partial charge in [0.2, 0.25) is 5.91 Å². The van der Waals surface area contributed by atoms with Gasteiger partial charge in [0.15, 0.2) is 4.96 Å². The molecule has 7 nitrogen and oxygen atoms in total. The third kappa shape index (κ3) is 5.99. The van der Waals surface area contributed by atoms with E-state index in [0.29, 0.717) is 44.1 Å². The average molecular weight is 629 g/mol. The second-order valence-corrected chi connectivity index (χ2v) is 12.0. The van der Waals surface area contributed by atoms with Crippen LogP contribution in [0.3, 0.4) is 0 Å². The highest BCUT2D eigenvalue weighted by molar-refractivity contribution is 7.15. The Balaban J connectivity index is 1.31. The first-order valence-corrected chi connectivity index (χ1v) is 15.3. The summed E-state index contributed by atoms with van der Waals surface area (Å²) in [5, 5.41) is 10.6. The van der Waals surface area contributed by atoms with E-state index in [2.05, 4.69) is 5.32 Å². The molecule has 0 radical (unpaired) electrons. The summed E-state index contributed by atoms with van der Waals surface area (Å²) in [4.78, 5) is 32.6. The first-order valence-electron chi connectivity index (χ1n) is 13.7. The molecular formula is C33H27Cl2N5O2S. The van der Waals surface area contributed by atoms with Crippen LogP contribution in [0.5, 0.6) is 0 Å². The van der Waals surface area contributed by atoms with Gasteiger partial charge in [-0.3, -0.25) is 14.0 Å². The van der Waals surface area contributed by atoms with Crippen molar-refractivity contribution in [3.63, 3.8) is 0 Å². The molecule has 1 N–H and O–H groups in total. The Kier molecular flexibility index (Phi) is 8.17. The van der Waals surface area contributed by atoms with Crippen molar-refractivity contribution in [3.8, 4) is 16.9 Å². The number of hydrogen-bond donors (Lipinski definition) is 1. The maximum absolute atomic E-state index is 14.0. The van der Waals surface area contributed by atoms with Gasteiger partial charge in [0.05, 0.1) is 39.5 Å². The van der Waals surface area contributed by atoms with E-state index in [1.165, 1.54) is 15.7 Å². The van der Waals surface area contributed by atoms with Gasteiger partial charge in [0.25, 0.3) is 5.56 Å². The van der Waals surface area contributed by atoms with Crippen molar-refractivity contribution in [2.75, 3.05) is 0 Å². The van der Waals surface area contributed by atoms with Crippen molar-refractivity contribution in [1.82, 2.24) is 24.5 Å². The van der Waals surface area contributed by atoms with Crippen molar-refractivity contribution < 1.29 is 4.79 Å². The minimum Gasteiger partial charge on any atom is -0.349 e. The molecule has 0 fully saturated rings. The van der Waals surface area contributed by atoms with Crippen LogP contribution in [0.25, 0.3) is 21.9 Å². The lowest BCUT2D eigenvalue weighted by atomic mass is 9.98. The first-order chi connectivity index (χ1) is 20.8. The van der Waals surface area contributed by atoms with E-state index >= 15 is 0 Å². The molecule has 0 aliphatic carbocycles. The molecule has 0 bridgehead atoms. The van der Waals surface area contributed by atoms with Crippen molar-refractivity contribution >= 4 is 45.4 Å². The van der Waals surface area contributed by atoms with Crippen LogP contribution in [0.15, 0.2) is 95.1 Å². The summed E-state index contributed by atoms with van der Waals surface area (Å²) in [6, 6.07) is 26.8. The SMILES string of the molecule is Cc1nc2scc(CC(=O)NC(Cc3ccccc3)c3ccccc3)n2c(=O)c1-c1cc(C)n(-c2ccc(Cl)c(Cl)c2)n1. The van der Waals surface area contributed by atoms with Gasteiger partial charge in [-0.2, -0.15) is 5.10 Å². The lowest BCUT2D eigenvalue weighted by Crippen LogP contribution is -2.32. The Bertz CT molecular complexity index is 2000. The predicted molar refractivity (Wildman–Crippen MR) is 173 cm³/mol. The number of hydrogen-bond acceptors (Lipinski definition) is 5. The van der Waals surface area contributed by atoms with Crippen LogP contribution in [0.4, 0.5) is 0 Å². The van der Waals surface area contributed by atoms with Gasteiger partial charge < -0.3 is 5.32 Å². The smallest absolute Gasteiger partial charge is 0.268 e. The minimum atomic E-state index is -0.269. The Morgan fingerprint density at radius 2 is 1.67 bits per heavy atom. The van der Waals surface area contributed by atoms with Crippen LogP contribution in [-0.4, -0.2) is 25.1 Å². The van der Waals surface area contributed by atoms with Gasteiger partial charge in [-0.25, -0.2) is 9.67 Å². The van der Waals surface area contributed by atoms with Crippen molar-refractivity contribution in [1.29, 1.82) is 0 Å². The number of nitrogens with one attached hydrogen (secondary N) is 1. The number of amides is 1. The van der Waals surface area contributed by atoms with Crippen molar-refractivity contribution in [3.05, 3.63) is 139 Å². The fraction of sp³-hybridized carbons (Fsp3) is 0.152. The third-order valence-electron chi connectivity index (χ3n) is 7.27. The number of aryl methyl sites for hydroxylation is 2. The summed E-state index contributed by atoms with van der Waals surface area (Å²) in [6.45, 7) is 3.70. The fourth-order valence-corrected chi connectivity index (χ4v) is 6.41. The molecule has 6 aromatic rings. The van der Waals surface area contributed by atoms with Crippen LogP contribution in [0.2, 0.25) is 10.0 Å². The lowest BCUT2D eigenvalue weighted by Gasteiger charge is -2.19. The molecule has 10 heteroatoms. The molecule has 1 amide bonds. The summed E-state index contributed by atoms with van der Waals surface area (Å²) in [7, 11) is 0. The second-order valence-electron chi connectivity index (χ2n) is 10.3. The number of thiazole rings is 1. The average Bonchev–Trinajstić information content (AvgIpc) is 3.58. The van der Waals surface area contributed by atoms with E-state index in [4.69, 9.17) is 33.3 Å². The lowest BCUT2D eigenvalue weighted by molar-refractivity contribution is -0.121. The van der Waals surface area contributed by atoms with Crippen LogP contribution in [0, 0.1) is 13.8 Å². The summed E-state index contributed by atoms with van der Waals surface area (Å²) in [6.07, 6.45) is 0.672. The summed E-state index contributed by atoms with van der Waals surface area (Å²) in [5.74, 6) is -0.182. The van der Waals surface area contributed by atoms with Gasteiger partial charge >= 0.3 is 0 Å². The van der Waals surface area contributed by atoms with E-state index in [9.17, 15) is 9.59 Å². The van der Waals surface area contributed by atoms with Crippen LogP contribution in [0.1, 0.15) is 34.3 Å². The number of carbonyl (C=O) groups is 1. The number of carbonyl (C=O) groups excluding carboxylic acids is 1. The van der Waals surface area contributed by atoms with Gasteiger partial charge in [0, 0.05) is 16.8 Å². The maximum Gasteiger partial charge on any atom is 0.268 e. The molecule has 0 saturated heterocycles. The Labute approximate surface area is 262 Å². The first kappa shape index (κ1) is 28.9. The standard InChI is InChI=1S/C33H27Cl2N5O2S/c1-20-15-29(38-40(20)24-13-14-26(34)27(35)17-24)31-21(2)36-33-39(32(31)42)25(19-43-33)18-30(41)37-28(23-11-7-4-8-12-23)16-22-9-5-3-6-10-22/h3-15,17,19,28H,16,18H2,1-2H3,(H,37,41). The van der Waals surface area contributed by atoms with Crippen molar-refractivity contribution in [2.45, 2.75) is 32.7 Å². The maximum atomic E-state index is 14.0. The molecule has 43 heavy (non-hydrogen) atoms. The second kappa shape index (κ2) is 12.2. The fourth-order valence-electron chi connectivity index (χ4n) is 5.20. The zero-order valence-electron chi connectivity index (χ0n) is 23.4. The molecule has 0 aliphatic rings. The molecule has 1 unspecified atom stereocenters. The number of aromatic nitrogens is 4. The molecule has 3 aromatic heterocycles. The quantitative estimate of drug-likeness (QED) is 0.194. The molecule has 1 atom stereocenters. The van der Waals surface area contributed by atoms with E-state index in [1.54, 1.807) is 23.7 Å². The van der Waals surface area contributed by atoms with Gasteiger partial charge in [-0.15, -0.1) is 11.3 Å². The Hall–Kier alpha value is -4.24. The topological polar surface area (TPSA) is 81.3 Å².